The number of hydrogen-bond acceptors (Lipinski definition) is 8. The van der Waals surface area contributed by atoms with Crippen LogP contribution in [-0.4, -0.2) is 35.5 Å². The third-order valence-electron chi connectivity index (χ3n) is 8.32. The molecule has 0 heterocycles. The molecule has 2 atom stereocenters. The zero-order valence-corrected chi connectivity index (χ0v) is 31.6. The van der Waals surface area contributed by atoms with E-state index in [0.717, 1.165) is 47.9 Å². The monoisotopic (exact) mass is 740 g/mol. The highest BCUT2D eigenvalue weighted by Crippen LogP contribution is 2.38. The molecule has 0 aliphatic rings. The van der Waals surface area contributed by atoms with Gasteiger partial charge in [-0.3, -0.25) is 19.2 Å². The maximum Gasteiger partial charge on any atom is 0.258 e. The van der Waals surface area contributed by atoms with Crippen molar-refractivity contribution in [2.75, 3.05) is 10.6 Å². The van der Waals surface area contributed by atoms with Crippen LogP contribution in [0, 0.1) is 0 Å². The molecule has 270 valence electrons. The Kier molecular flexibility index (Phi) is 14.1. The number of ketones is 2. The first-order chi connectivity index (χ1) is 24.8. The largest absolute Gasteiger partial charge is 0.324 e. The van der Waals surface area contributed by atoms with Crippen molar-refractivity contribution in [1.29, 1.82) is 0 Å². The zero-order chi connectivity index (χ0) is 37.9. The third-order valence-corrected chi connectivity index (χ3v) is 8.94. The number of azo groups is 2. The number of aryl methyl sites for hydroxylation is 4. The Morgan fingerprint density at radius 3 is 1.40 bits per heavy atom. The quantitative estimate of drug-likeness (QED) is 0.0924. The zero-order valence-electron chi connectivity index (χ0n) is 30.1. The lowest BCUT2D eigenvalue weighted by atomic mass is 10.0. The van der Waals surface area contributed by atoms with Gasteiger partial charge in [-0.05, 0) is 116 Å². The van der Waals surface area contributed by atoms with Crippen LogP contribution in [0.2, 0.25) is 10.0 Å². The van der Waals surface area contributed by atoms with Gasteiger partial charge in [0.2, 0.25) is 12.1 Å². The number of carbonyl (C=O) groups is 4. The summed E-state index contributed by atoms with van der Waals surface area (Å²) in [7, 11) is 0. The van der Waals surface area contributed by atoms with E-state index >= 15 is 0 Å². The van der Waals surface area contributed by atoms with Crippen LogP contribution in [0.25, 0.3) is 11.1 Å². The molecule has 2 N–H and O–H groups in total. The van der Waals surface area contributed by atoms with Gasteiger partial charge < -0.3 is 10.6 Å². The average Bonchev–Trinajstić information content (AvgIpc) is 3.12. The molecular weight excluding hydrogens is 699 g/mol. The van der Waals surface area contributed by atoms with Crippen LogP contribution in [0.5, 0.6) is 0 Å². The average molecular weight is 742 g/mol. The van der Waals surface area contributed by atoms with E-state index in [1.165, 1.54) is 19.9 Å². The van der Waals surface area contributed by atoms with Gasteiger partial charge in [0.1, 0.15) is 5.69 Å². The number of hydrogen-bond donors (Lipinski definition) is 2. The molecule has 2 amide bonds. The third kappa shape index (κ3) is 10.5. The lowest BCUT2D eigenvalue weighted by molar-refractivity contribution is -0.127. The summed E-state index contributed by atoms with van der Waals surface area (Å²) in [4.78, 5) is 50.8. The molecule has 0 radical (unpaired) electrons. The van der Waals surface area contributed by atoms with Crippen LogP contribution in [-0.2, 0) is 44.9 Å². The molecule has 0 saturated heterocycles. The molecule has 10 nitrogen and oxygen atoms in total. The first-order valence-corrected chi connectivity index (χ1v) is 17.9. The van der Waals surface area contributed by atoms with E-state index in [4.69, 9.17) is 23.2 Å². The summed E-state index contributed by atoms with van der Waals surface area (Å²) in [6.45, 7) is 10.7. The molecule has 0 fully saturated rings. The Bertz CT molecular complexity index is 1980. The summed E-state index contributed by atoms with van der Waals surface area (Å²) >= 11 is 13.2. The number of rotatable bonds is 15. The molecule has 0 spiro atoms. The molecule has 12 heteroatoms. The molecule has 0 saturated carbocycles. The fraction of sp³-hybridized carbons (Fsp3) is 0.300. The summed E-state index contributed by atoms with van der Waals surface area (Å²) in [5.74, 6) is -2.10. The number of Topliss-reactive ketones (excluding diaryl/α,β-unsaturated/α-hetero) is 2. The molecule has 0 aromatic heterocycles. The highest BCUT2D eigenvalue weighted by molar-refractivity contribution is 6.37. The van der Waals surface area contributed by atoms with Gasteiger partial charge in [-0.25, -0.2) is 0 Å². The van der Waals surface area contributed by atoms with Crippen LogP contribution in [0.1, 0.15) is 63.8 Å². The Labute approximate surface area is 314 Å². The van der Waals surface area contributed by atoms with Gasteiger partial charge in [-0.2, -0.15) is 20.5 Å². The predicted octanol–water partition coefficient (Wildman–Crippen LogP) is 10.3. The van der Waals surface area contributed by atoms with Crippen molar-refractivity contribution in [1.82, 2.24) is 0 Å². The van der Waals surface area contributed by atoms with Crippen molar-refractivity contribution in [2.24, 2.45) is 20.5 Å². The number of nitrogens with one attached hydrogen (secondary N) is 2. The second kappa shape index (κ2) is 18.4. The molecule has 4 rings (SSSR count). The van der Waals surface area contributed by atoms with E-state index < -0.39 is 35.5 Å². The highest BCUT2D eigenvalue weighted by Gasteiger charge is 2.25. The minimum absolute atomic E-state index is 0.182. The molecule has 4 aromatic carbocycles. The highest BCUT2D eigenvalue weighted by atomic mass is 35.5. The summed E-state index contributed by atoms with van der Waals surface area (Å²) in [5, 5.41) is 22.5. The predicted molar refractivity (Wildman–Crippen MR) is 208 cm³/mol. The van der Waals surface area contributed by atoms with Gasteiger partial charge >= 0.3 is 0 Å². The van der Waals surface area contributed by atoms with E-state index in [1.807, 2.05) is 52.0 Å². The van der Waals surface area contributed by atoms with Gasteiger partial charge in [0.05, 0.1) is 15.7 Å². The molecule has 0 bridgehead atoms. The molecule has 0 aliphatic carbocycles. The molecule has 4 aromatic rings. The fourth-order valence-corrected chi connectivity index (χ4v) is 5.80. The first-order valence-electron chi connectivity index (χ1n) is 17.1. The number of benzene rings is 4. The minimum atomic E-state index is -1.39. The number of nitrogens with zero attached hydrogens (tertiary/aromatic N) is 4. The van der Waals surface area contributed by atoms with Crippen LogP contribution in [0.3, 0.4) is 0 Å². The van der Waals surface area contributed by atoms with Crippen molar-refractivity contribution < 1.29 is 19.2 Å². The molecular formula is C40H42Cl2N6O4. The van der Waals surface area contributed by atoms with Crippen molar-refractivity contribution in [2.45, 2.75) is 79.3 Å². The fourth-order valence-electron chi connectivity index (χ4n) is 5.33. The van der Waals surface area contributed by atoms with Gasteiger partial charge in [0.25, 0.3) is 11.8 Å². The number of anilines is 2. The van der Waals surface area contributed by atoms with E-state index in [-0.39, 0.29) is 10.7 Å². The smallest absolute Gasteiger partial charge is 0.258 e. The van der Waals surface area contributed by atoms with E-state index in [0.29, 0.717) is 33.2 Å². The summed E-state index contributed by atoms with van der Waals surface area (Å²) in [6.07, 6.45) is 3.22. The molecule has 2 unspecified atom stereocenters. The van der Waals surface area contributed by atoms with Gasteiger partial charge in [-0.1, -0.05) is 75.2 Å². The maximum absolute atomic E-state index is 13.1. The first kappa shape index (κ1) is 39.7. The number of amides is 2. The standard InChI is InChI=1S/C40H42Cl2N6O4/c1-7-25-15-26(8-2)18-31(17-25)43-39(51)37(23(5)49)47-45-30-13-11-29(12-14-30)33-21-35(42)36(22-34(33)41)46-48-38(24(6)50)40(52)44-32-19-27(9-3)16-28(10-4)20-32/h11-22,37-38H,7-10H2,1-6H3,(H,43,51)(H,44,52). The van der Waals surface area contributed by atoms with Crippen LogP contribution >= 0.6 is 23.2 Å². The van der Waals surface area contributed by atoms with Crippen molar-refractivity contribution in [3.05, 3.63) is 105 Å². The summed E-state index contributed by atoms with van der Waals surface area (Å²) in [6, 6.07) is 18.9. The van der Waals surface area contributed by atoms with Crippen LogP contribution < -0.4 is 10.6 Å². The Morgan fingerprint density at radius 1 is 0.577 bits per heavy atom. The van der Waals surface area contributed by atoms with Crippen molar-refractivity contribution >= 4 is 69.3 Å². The lowest BCUT2D eigenvalue weighted by Crippen LogP contribution is -2.31. The second-order valence-electron chi connectivity index (χ2n) is 12.3. The minimum Gasteiger partial charge on any atom is -0.324 e. The van der Waals surface area contributed by atoms with E-state index in [9.17, 15) is 19.2 Å². The summed E-state index contributed by atoms with van der Waals surface area (Å²) in [5.41, 5.74) is 7.36. The maximum atomic E-state index is 13.1. The van der Waals surface area contributed by atoms with Crippen molar-refractivity contribution in [3.63, 3.8) is 0 Å². The number of halogens is 2. The van der Waals surface area contributed by atoms with Crippen LogP contribution in [0.15, 0.2) is 93.3 Å². The SMILES string of the molecule is CCc1cc(CC)cc(NC(=O)C(N=Nc2ccc(-c3cc(Cl)c(N=NC(C(C)=O)C(=O)Nc4cc(CC)cc(CC)c4)cc3Cl)cc2)C(C)=O)c1. The Hall–Kier alpha value is -5.06. The van der Waals surface area contributed by atoms with Gasteiger partial charge in [0.15, 0.2) is 11.6 Å². The second-order valence-corrected chi connectivity index (χ2v) is 13.1. The van der Waals surface area contributed by atoms with E-state index in [2.05, 4.69) is 43.2 Å². The Morgan fingerprint density at radius 2 is 1.00 bits per heavy atom. The number of carbonyl (C=O) groups excluding carboxylic acids is 4. The van der Waals surface area contributed by atoms with E-state index in [1.54, 1.807) is 30.3 Å². The van der Waals surface area contributed by atoms with Gasteiger partial charge in [-0.15, -0.1) is 0 Å². The van der Waals surface area contributed by atoms with Crippen molar-refractivity contribution in [3.8, 4) is 11.1 Å². The van der Waals surface area contributed by atoms with Gasteiger partial charge in [0, 0.05) is 16.9 Å². The lowest BCUT2D eigenvalue weighted by Gasteiger charge is -2.12. The molecule has 0 aliphatic heterocycles. The Balaban J connectivity index is 1.47. The topological polar surface area (TPSA) is 142 Å². The molecule has 52 heavy (non-hydrogen) atoms. The normalized spacial score (nSPS) is 12.5. The van der Waals surface area contributed by atoms with Crippen LogP contribution in [0.4, 0.5) is 22.7 Å². The summed E-state index contributed by atoms with van der Waals surface area (Å²) < 4.78 is 0.